The number of aryl methyl sites for hydroxylation is 1. The Balaban J connectivity index is 1.40. The first kappa shape index (κ1) is 19.6. The SMILES string of the molecule is Cc1[nH]c2ccccc2c1C(=O)[C@@H](C)OC(=O)CCN1C(=O)c2ccccc2C1=O. The summed E-state index contributed by atoms with van der Waals surface area (Å²) < 4.78 is 5.30. The van der Waals surface area contributed by atoms with Crippen LogP contribution in [0, 0.1) is 6.92 Å². The molecule has 0 saturated carbocycles. The van der Waals surface area contributed by atoms with E-state index in [4.69, 9.17) is 4.74 Å². The summed E-state index contributed by atoms with van der Waals surface area (Å²) in [7, 11) is 0. The van der Waals surface area contributed by atoms with Crippen LogP contribution in [0.3, 0.4) is 0 Å². The Morgan fingerprint density at radius 1 is 1.00 bits per heavy atom. The van der Waals surface area contributed by atoms with Crippen LogP contribution in [-0.2, 0) is 9.53 Å². The lowest BCUT2D eigenvalue weighted by Crippen LogP contribution is -2.33. The standard InChI is InChI=1S/C23H20N2O5/c1-13-20(17-9-5-6-10-18(17)24-13)21(27)14(2)30-19(26)11-12-25-22(28)15-7-3-4-8-16(15)23(25)29/h3-10,14,24H,11-12H2,1-2H3/t14-/m1/s1. The normalized spacial score (nSPS) is 14.1. The van der Waals surface area contributed by atoms with Crippen LogP contribution in [0.15, 0.2) is 48.5 Å². The van der Waals surface area contributed by atoms with Crippen LogP contribution >= 0.6 is 0 Å². The Kier molecular flexibility index (Phi) is 4.95. The van der Waals surface area contributed by atoms with E-state index in [-0.39, 0.29) is 18.7 Å². The second-order valence-corrected chi connectivity index (χ2v) is 7.22. The fourth-order valence-electron chi connectivity index (χ4n) is 3.75. The van der Waals surface area contributed by atoms with Gasteiger partial charge < -0.3 is 9.72 Å². The molecule has 2 aromatic carbocycles. The Bertz CT molecular complexity index is 1160. The molecule has 0 fully saturated rings. The summed E-state index contributed by atoms with van der Waals surface area (Å²) in [6.45, 7) is 3.21. The van der Waals surface area contributed by atoms with Crippen molar-refractivity contribution in [1.82, 2.24) is 9.88 Å². The summed E-state index contributed by atoms with van der Waals surface area (Å²) in [4.78, 5) is 54.1. The minimum Gasteiger partial charge on any atom is -0.454 e. The van der Waals surface area contributed by atoms with E-state index in [9.17, 15) is 19.2 Å². The number of H-pyrrole nitrogens is 1. The first-order valence-corrected chi connectivity index (χ1v) is 9.64. The van der Waals surface area contributed by atoms with Gasteiger partial charge in [-0.15, -0.1) is 0 Å². The van der Waals surface area contributed by atoms with Crippen LogP contribution in [0.25, 0.3) is 10.9 Å². The molecule has 1 atom stereocenters. The van der Waals surface area contributed by atoms with Crippen molar-refractivity contribution >= 4 is 34.5 Å². The molecule has 1 aliphatic heterocycles. The molecule has 1 N–H and O–H groups in total. The van der Waals surface area contributed by atoms with Crippen LogP contribution in [-0.4, -0.2) is 46.1 Å². The van der Waals surface area contributed by atoms with E-state index in [2.05, 4.69) is 4.98 Å². The fraction of sp³-hybridized carbons (Fsp3) is 0.217. The number of carbonyl (C=O) groups is 4. The maximum Gasteiger partial charge on any atom is 0.308 e. The molecule has 2 heterocycles. The molecule has 1 aliphatic rings. The molecule has 152 valence electrons. The van der Waals surface area contributed by atoms with Gasteiger partial charge in [0.25, 0.3) is 11.8 Å². The van der Waals surface area contributed by atoms with E-state index in [1.54, 1.807) is 31.2 Å². The van der Waals surface area contributed by atoms with Gasteiger partial charge in [-0.1, -0.05) is 30.3 Å². The summed E-state index contributed by atoms with van der Waals surface area (Å²) in [6, 6.07) is 13.9. The molecular weight excluding hydrogens is 384 g/mol. The second kappa shape index (κ2) is 7.59. The first-order chi connectivity index (χ1) is 14.4. The molecule has 30 heavy (non-hydrogen) atoms. The summed E-state index contributed by atoms with van der Waals surface area (Å²) in [5.41, 5.74) is 2.69. The third-order valence-corrected chi connectivity index (χ3v) is 5.24. The molecule has 0 bridgehead atoms. The molecule has 2 amide bonds. The number of nitrogens with one attached hydrogen (secondary N) is 1. The molecular formula is C23H20N2O5. The number of ketones is 1. The average Bonchev–Trinajstić information content (AvgIpc) is 3.19. The third kappa shape index (κ3) is 3.28. The van der Waals surface area contributed by atoms with Crippen molar-refractivity contribution in [3.05, 3.63) is 70.9 Å². The smallest absolute Gasteiger partial charge is 0.308 e. The quantitative estimate of drug-likeness (QED) is 0.386. The maximum atomic E-state index is 12.9. The Hall–Kier alpha value is -3.74. The van der Waals surface area contributed by atoms with Crippen molar-refractivity contribution in [2.45, 2.75) is 26.4 Å². The van der Waals surface area contributed by atoms with Crippen LogP contribution in [0.4, 0.5) is 0 Å². The minimum atomic E-state index is -0.988. The van der Waals surface area contributed by atoms with E-state index < -0.39 is 23.9 Å². The van der Waals surface area contributed by atoms with E-state index in [0.29, 0.717) is 22.4 Å². The number of imide groups is 1. The van der Waals surface area contributed by atoms with Crippen LogP contribution in [0.1, 0.15) is 50.1 Å². The second-order valence-electron chi connectivity index (χ2n) is 7.22. The highest BCUT2D eigenvalue weighted by atomic mass is 16.5. The number of para-hydroxylation sites is 1. The van der Waals surface area contributed by atoms with E-state index in [0.717, 1.165) is 15.8 Å². The van der Waals surface area contributed by atoms with Crippen molar-refractivity contribution in [3.8, 4) is 0 Å². The van der Waals surface area contributed by atoms with Crippen molar-refractivity contribution in [1.29, 1.82) is 0 Å². The molecule has 0 aliphatic carbocycles. The first-order valence-electron chi connectivity index (χ1n) is 9.64. The van der Waals surface area contributed by atoms with Gasteiger partial charge in [-0.05, 0) is 32.0 Å². The highest BCUT2D eigenvalue weighted by molar-refractivity contribution is 6.21. The molecule has 0 spiro atoms. The summed E-state index contributed by atoms with van der Waals surface area (Å²) >= 11 is 0. The Labute approximate surface area is 172 Å². The molecule has 7 heteroatoms. The Morgan fingerprint density at radius 2 is 1.60 bits per heavy atom. The predicted octanol–water partition coefficient (Wildman–Crippen LogP) is 3.28. The van der Waals surface area contributed by atoms with Gasteiger partial charge in [0.15, 0.2) is 6.10 Å². The van der Waals surface area contributed by atoms with Gasteiger partial charge in [0, 0.05) is 28.7 Å². The zero-order chi connectivity index (χ0) is 21.4. The molecule has 0 unspecified atom stereocenters. The molecule has 1 aromatic heterocycles. The van der Waals surface area contributed by atoms with Gasteiger partial charge in [0.1, 0.15) is 0 Å². The molecule has 0 radical (unpaired) electrons. The van der Waals surface area contributed by atoms with E-state index in [1.807, 2.05) is 24.3 Å². The molecule has 4 rings (SSSR count). The summed E-state index contributed by atoms with van der Waals surface area (Å²) in [5, 5.41) is 0.772. The fourth-order valence-corrected chi connectivity index (χ4v) is 3.75. The number of hydrogen-bond donors (Lipinski definition) is 1. The average molecular weight is 404 g/mol. The van der Waals surface area contributed by atoms with Gasteiger partial charge in [-0.25, -0.2) is 0 Å². The number of esters is 1. The number of hydrogen-bond acceptors (Lipinski definition) is 5. The number of aromatic nitrogens is 1. The number of carbonyl (C=O) groups excluding carboxylic acids is 4. The van der Waals surface area contributed by atoms with Crippen molar-refractivity contribution < 1.29 is 23.9 Å². The van der Waals surface area contributed by atoms with E-state index in [1.165, 1.54) is 6.92 Å². The maximum absolute atomic E-state index is 12.9. The largest absolute Gasteiger partial charge is 0.454 e. The van der Waals surface area contributed by atoms with Crippen LogP contribution in [0.5, 0.6) is 0 Å². The van der Waals surface area contributed by atoms with Crippen LogP contribution in [0.2, 0.25) is 0 Å². The predicted molar refractivity (Wildman–Crippen MR) is 109 cm³/mol. The van der Waals surface area contributed by atoms with Crippen molar-refractivity contribution in [3.63, 3.8) is 0 Å². The zero-order valence-corrected chi connectivity index (χ0v) is 16.6. The summed E-state index contributed by atoms with van der Waals surface area (Å²) in [5.74, 6) is -1.81. The minimum absolute atomic E-state index is 0.0990. The van der Waals surface area contributed by atoms with Crippen molar-refractivity contribution in [2.75, 3.05) is 6.54 Å². The van der Waals surface area contributed by atoms with Crippen molar-refractivity contribution in [2.24, 2.45) is 0 Å². The Morgan fingerprint density at radius 3 is 2.27 bits per heavy atom. The summed E-state index contributed by atoms with van der Waals surface area (Å²) in [6.07, 6.45) is -1.17. The number of amides is 2. The molecule has 7 nitrogen and oxygen atoms in total. The number of rotatable bonds is 6. The van der Waals surface area contributed by atoms with Gasteiger partial charge in [0.05, 0.1) is 17.5 Å². The number of ether oxygens (including phenoxy) is 1. The number of fused-ring (bicyclic) bond motifs is 2. The van der Waals surface area contributed by atoms with Gasteiger partial charge in [-0.3, -0.25) is 24.1 Å². The third-order valence-electron chi connectivity index (χ3n) is 5.24. The molecule has 0 saturated heterocycles. The number of aromatic amines is 1. The highest BCUT2D eigenvalue weighted by Gasteiger charge is 2.35. The van der Waals surface area contributed by atoms with E-state index >= 15 is 0 Å². The van der Waals surface area contributed by atoms with Gasteiger partial charge >= 0.3 is 5.97 Å². The lowest BCUT2D eigenvalue weighted by atomic mass is 10.0. The van der Waals surface area contributed by atoms with Gasteiger partial charge in [0.2, 0.25) is 5.78 Å². The topological polar surface area (TPSA) is 96.5 Å². The van der Waals surface area contributed by atoms with Gasteiger partial charge in [-0.2, -0.15) is 0 Å². The lowest BCUT2D eigenvalue weighted by Gasteiger charge is -2.15. The lowest BCUT2D eigenvalue weighted by molar-refractivity contribution is -0.146. The number of benzene rings is 2. The monoisotopic (exact) mass is 404 g/mol. The number of Topliss-reactive ketones (excluding diaryl/α,β-unsaturated/α-hetero) is 1. The highest BCUT2D eigenvalue weighted by Crippen LogP contribution is 2.25. The molecule has 3 aromatic rings. The number of nitrogens with zero attached hydrogens (tertiary/aromatic N) is 1. The van der Waals surface area contributed by atoms with Crippen LogP contribution < -0.4 is 0 Å². The zero-order valence-electron chi connectivity index (χ0n) is 16.6.